The first kappa shape index (κ1) is 12.0. The summed E-state index contributed by atoms with van der Waals surface area (Å²) in [5, 5.41) is 0. The Hall–Kier alpha value is -1.09. The molecule has 1 aromatic carbocycles. The third-order valence-corrected chi connectivity index (χ3v) is 4.81. The van der Waals surface area contributed by atoms with Crippen LogP contribution in [0.1, 0.15) is 37.7 Å². The molecule has 0 amide bonds. The van der Waals surface area contributed by atoms with Crippen LogP contribution in [0.2, 0.25) is 0 Å². The lowest BCUT2D eigenvalue weighted by atomic mass is 9.61. The van der Waals surface area contributed by atoms with E-state index in [0.29, 0.717) is 11.3 Å². The van der Waals surface area contributed by atoms with Crippen molar-refractivity contribution in [2.24, 2.45) is 11.1 Å². The van der Waals surface area contributed by atoms with Crippen molar-refractivity contribution in [3.8, 4) is 5.75 Å². The molecule has 2 aliphatic carbocycles. The number of halogens is 1. The van der Waals surface area contributed by atoms with Gasteiger partial charge in [0.1, 0.15) is 6.10 Å². The van der Waals surface area contributed by atoms with Gasteiger partial charge in [-0.15, -0.1) is 0 Å². The van der Waals surface area contributed by atoms with E-state index >= 15 is 0 Å². The molecule has 2 N–H and O–H groups in total. The number of aryl methyl sites for hydroxylation is 1. The van der Waals surface area contributed by atoms with Crippen LogP contribution in [-0.4, -0.2) is 12.1 Å². The number of rotatable bonds is 2. The summed E-state index contributed by atoms with van der Waals surface area (Å²) in [4.78, 5) is 0. The maximum absolute atomic E-state index is 13.9. The fourth-order valence-electron chi connectivity index (χ4n) is 3.53. The summed E-state index contributed by atoms with van der Waals surface area (Å²) >= 11 is 0. The Bertz CT molecular complexity index is 454. The molecule has 1 aromatic rings. The topological polar surface area (TPSA) is 35.2 Å². The summed E-state index contributed by atoms with van der Waals surface area (Å²) in [6.07, 6.45) is 5.67. The average Bonchev–Trinajstić information content (AvgIpc) is 2.86. The fourth-order valence-corrected chi connectivity index (χ4v) is 3.53. The Balaban J connectivity index is 1.79. The summed E-state index contributed by atoms with van der Waals surface area (Å²) in [6.45, 7) is 1.76. The number of hydrogen-bond acceptors (Lipinski definition) is 2. The van der Waals surface area contributed by atoms with Gasteiger partial charge in [-0.3, -0.25) is 0 Å². The molecule has 0 heterocycles. The van der Waals surface area contributed by atoms with Crippen molar-refractivity contribution < 1.29 is 9.13 Å². The van der Waals surface area contributed by atoms with Crippen molar-refractivity contribution in [3.63, 3.8) is 0 Å². The van der Waals surface area contributed by atoms with Gasteiger partial charge in [0.15, 0.2) is 11.6 Å². The minimum absolute atomic E-state index is 0.103. The van der Waals surface area contributed by atoms with Crippen molar-refractivity contribution in [3.05, 3.63) is 29.6 Å². The minimum atomic E-state index is -0.230. The first-order valence-corrected chi connectivity index (χ1v) is 6.81. The van der Waals surface area contributed by atoms with E-state index in [9.17, 15) is 4.39 Å². The molecule has 0 radical (unpaired) electrons. The van der Waals surface area contributed by atoms with Gasteiger partial charge in [-0.2, -0.15) is 0 Å². The molecule has 2 saturated carbocycles. The number of nitrogens with two attached hydrogens (primary N) is 1. The monoisotopic (exact) mass is 249 g/mol. The molecular weight excluding hydrogens is 229 g/mol. The molecular formula is C15H20FNO. The third-order valence-electron chi connectivity index (χ3n) is 4.81. The van der Waals surface area contributed by atoms with E-state index < -0.39 is 0 Å². The molecule has 0 aliphatic heterocycles. The van der Waals surface area contributed by atoms with Gasteiger partial charge >= 0.3 is 0 Å². The highest BCUT2D eigenvalue weighted by molar-refractivity contribution is 5.31. The van der Waals surface area contributed by atoms with Crippen LogP contribution >= 0.6 is 0 Å². The molecule has 2 unspecified atom stereocenters. The second kappa shape index (κ2) is 4.23. The zero-order valence-corrected chi connectivity index (χ0v) is 10.8. The average molecular weight is 249 g/mol. The summed E-state index contributed by atoms with van der Waals surface area (Å²) in [6, 6.07) is 5.56. The summed E-state index contributed by atoms with van der Waals surface area (Å²) in [5.74, 6) is 0.157. The van der Waals surface area contributed by atoms with Gasteiger partial charge in [0.05, 0.1) is 0 Å². The number of ether oxygens (including phenoxy) is 1. The zero-order chi connectivity index (χ0) is 12.8. The molecule has 3 heteroatoms. The Kier molecular flexibility index (Phi) is 2.81. The van der Waals surface area contributed by atoms with Gasteiger partial charge in [-0.1, -0.05) is 25.0 Å². The highest BCUT2D eigenvalue weighted by Gasteiger charge is 2.56. The van der Waals surface area contributed by atoms with Crippen molar-refractivity contribution in [2.45, 2.75) is 51.2 Å². The molecule has 0 aromatic heterocycles. The lowest BCUT2D eigenvalue weighted by Gasteiger charge is -2.52. The van der Waals surface area contributed by atoms with Crippen LogP contribution in [0.3, 0.4) is 0 Å². The minimum Gasteiger partial charge on any atom is -0.487 e. The normalized spacial score (nSPS) is 29.3. The molecule has 98 valence electrons. The van der Waals surface area contributed by atoms with Crippen LogP contribution in [0.5, 0.6) is 5.75 Å². The Labute approximate surface area is 107 Å². The Morgan fingerprint density at radius 2 is 2.06 bits per heavy atom. The zero-order valence-electron chi connectivity index (χ0n) is 10.8. The van der Waals surface area contributed by atoms with Gasteiger partial charge in [0, 0.05) is 17.9 Å². The molecule has 0 bridgehead atoms. The van der Waals surface area contributed by atoms with Crippen LogP contribution in [0, 0.1) is 18.2 Å². The van der Waals surface area contributed by atoms with Crippen molar-refractivity contribution in [2.75, 3.05) is 0 Å². The SMILES string of the molecule is Cc1cccc(OC2CC(N)C23CCCC3)c1F. The first-order valence-electron chi connectivity index (χ1n) is 6.81. The summed E-state index contributed by atoms with van der Waals surface area (Å²) in [5.41, 5.74) is 6.91. The molecule has 2 fully saturated rings. The third kappa shape index (κ3) is 1.64. The van der Waals surface area contributed by atoms with E-state index in [4.69, 9.17) is 10.5 Å². The van der Waals surface area contributed by atoms with Gasteiger partial charge in [-0.25, -0.2) is 4.39 Å². The largest absolute Gasteiger partial charge is 0.487 e. The van der Waals surface area contributed by atoms with Gasteiger partial charge in [0.2, 0.25) is 0 Å². The second-order valence-corrected chi connectivity index (χ2v) is 5.78. The van der Waals surface area contributed by atoms with Crippen molar-refractivity contribution >= 4 is 0 Å². The predicted octanol–water partition coefficient (Wildman–Crippen LogP) is 3.17. The molecule has 0 saturated heterocycles. The molecule has 18 heavy (non-hydrogen) atoms. The lowest BCUT2D eigenvalue weighted by molar-refractivity contribution is -0.0636. The Morgan fingerprint density at radius 1 is 1.33 bits per heavy atom. The molecule has 2 atom stereocenters. The molecule has 1 spiro atoms. The van der Waals surface area contributed by atoms with Gasteiger partial charge in [0.25, 0.3) is 0 Å². The lowest BCUT2D eigenvalue weighted by Crippen LogP contribution is -2.62. The highest BCUT2D eigenvalue weighted by atomic mass is 19.1. The maximum Gasteiger partial charge on any atom is 0.167 e. The van der Waals surface area contributed by atoms with Crippen molar-refractivity contribution in [1.29, 1.82) is 0 Å². The highest BCUT2D eigenvalue weighted by Crippen LogP contribution is 2.53. The number of benzene rings is 1. The van der Waals surface area contributed by atoms with E-state index in [-0.39, 0.29) is 23.4 Å². The number of hydrogen-bond donors (Lipinski definition) is 1. The quantitative estimate of drug-likeness (QED) is 0.873. The van der Waals surface area contributed by atoms with Crippen LogP contribution in [0.15, 0.2) is 18.2 Å². The van der Waals surface area contributed by atoms with Crippen LogP contribution in [0.4, 0.5) is 4.39 Å². The van der Waals surface area contributed by atoms with Crippen LogP contribution in [-0.2, 0) is 0 Å². The van der Waals surface area contributed by atoms with E-state index in [1.807, 2.05) is 6.07 Å². The summed E-state index contributed by atoms with van der Waals surface area (Å²) in [7, 11) is 0. The summed E-state index contributed by atoms with van der Waals surface area (Å²) < 4.78 is 19.9. The van der Waals surface area contributed by atoms with Crippen LogP contribution < -0.4 is 10.5 Å². The standard InChI is InChI=1S/C15H20FNO/c1-10-5-4-6-11(14(10)16)18-13-9-12(17)15(13)7-2-3-8-15/h4-6,12-13H,2-3,7-9,17H2,1H3. The van der Waals surface area contributed by atoms with E-state index in [2.05, 4.69) is 0 Å². The van der Waals surface area contributed by atoms with E-state index in [0.717, 1.165) is 19.3 Å². The van der Waals surface area contributed by atoms with E-state index in [1.54, 1.807) is 19.1 Å². The Morgan fingerprint density at radius 3 is 2.72 bits per heavy atom. The molecule has 2 aliphatic rings. The fraction of sp³-hybridized carbons (Fsp3) is 0.600. The molecule has 2 nitrogen and oxygen atoms in total. The molecule has 3 rings (SSSR count). The van der Waals surface area contributed by atoms with Gasteiger partial charge < -0.3 is 10.5 Å². The van der Waals surface area contributed by atoms with Crippen LogP contribution in [0.25, 0.3) is 0 Å². The van der Waals surface area contributed by atoms with Gasteiger partial charge in [-0.05, 0) is 31.4 Å². The second-order valence-electron chi connectivity index (χ2n) is 5.78. The maximum atomic E-state index is 13.9. The van der Waals surface area contributed by atoms with Crippen molar-refractivity contribution in [1.82, 2.24) is 0 Å². The first-order chi connectivity index (χ1) is 8.63. The predicted molar refractivity (Wildman–Crippen MR) is 69.0 cm³/mol. The smallest absolute Gasteiger partial charge is 0.167 e. The van der Waals surface area contributed by atoms with E-state index in [1.165, 1.54) is 12.8 Å².